The van der Waals surface area contributed by atoms with Crippen LogP contribution in [0.5, 0.6) is 0 Å². The Hall–Kier alpha value is -1.48. The Bertz CT molecular complexity index is 601. The zero-order valence-electron chi connectivity index (χ0n) is 11.5. The van der Waals surface area contributed by atoms with E-state index in [1.807, 2.05) is 31.3 Å². The topological polar surface area (TPSA) is 44.9 Å². The summed E-state index contributed by atoms with van der Waals surface area (Å²) in [6, 6.07) is 5.81. The second-order valence-corrected chi connectivity index (χ2v) is 5.84. The maximum Gasteiger partial charge on any atom is 0.219 e. The summed E-state index contributed by atoms with van der Waals surface area (Å²) in [4.78, 5) is 14.7. The van der Waals surface area contributed by atoms with Gasteiger partial charge in [-0.2, -0.15) is 0 Å². The van der Waals surface area contributed by atoms with E-state index < -0.39 is 0 Å². The second kappa shape index (κ2) is 5.25. The second-order valence-electron chi connectivity index (χ2n) is 5.41. The van der Waals surface area contributed by atoms with Crippen LogP contribution in [0.3, 0.4) is 0 Å². The van der Waals surface area contributed by atoms with E-state index in [2.05, 4.69) is 24.1 Å². The van der Waals surface area contributed by atoms with Crippen molar-refractivity contribution in [1.82, 2.24) is 10.3 Å². The molecule has 1 aromatic heterocycles. The first-order valence-electron chi connectivity index (χ1n) is 6.48. The Labute approximate surface area is 118 Å². The Morgan fingerprint density at radius 2 is 2.16 bits per heavy atom. The van der Waals surface area contributed by atoms with Gasteiger partial charge in [0, 0.05) is 40.5 Å². The number of fused-ring (bicyclic) bond motifs is 1. The van der Waals surface area contributed by atoms with Crippen LogP contribution >= 0.6 is 11.6 Å². The molecule has 4 heteroatoms. The molecule has 0 spiro atoms. The van der Waals surface area contributed by atoms with Crippen LogP contribution in [-0.2, 0) is 10.2 Å². The molecule has 0 aliphatic heterocycles. The zero-order valence-corrected chi connectivity index (χ0v) is 12.3. The molecule has 3 nitrogen and oxygen atoms in total. The van der Waals surface area contributed by atoms with Crippen molar-refractivity contribution in [2.75, 3.05) is 6.54 Å². The van der Waals surface area contributed by atoms with Gasteiger partial charge in [-0.05, 0) is 23.8 Å². The molecule has 0 radical (unpaired) electrons. The van der Waals surface area contributed by atoms with E-state index in [4.69, 9.17) is 11.6 Å². The van der Waals surface area contributed by atoms with Gasteiger partial charge in [-0.3, -0.25) is 4.79 Å². The van der Waals surface area contributed by atoms with Crippen molar-refractivity contribution in [3.8, 4) is 0 Å². The molecule has 0 saturated heterocycles. The normalized spacial score (nSPS) is 11.8. The number of rotatable bonds is 4. The van der Waals surface area contributed by atoms with E-state index in [0.29, 0.717) is 13.0 Å². The third-order valence-electron chi connectivity index (χ3n) is 3.42. The highest BCUT2D eigenvalue weighted by molar-refractivity contribution is 6.31. The minimum Gasteiger partial charge on any atom is -0.361 e. The highest BCUT2D eigenvalue weighted by atomic mass is 35.5. The number of benzene rings is 1. The highest BCUT2D eigenvalue weighted by Crippen LogP contribution is 2.31. The zero-order chi connectivity index (χ0) is 14.0. The van der Waals surface area contributed by atoms with Gasteiger partial charge < -0.3 is 10.3 Å². The first-order valence-corrected chi connectivity index (χ1v) is 6.85. The molecule has 0 atom stereocenters. The predicted molar refractivity (Wildman–Crippen MR) is 79.6 cm³/mol. The average molecular weight is 279 g/mol. The number of hydrogen-bond donors (Lipinski definition) is 2. The van der Waals surface area contributed by atoms with Crippen molar-refractivity contribution in [3.05, 3.63) is 35.0 Å². The quantitative estimate of drug-likeness (QED) is 0.881. The molecular formula is C15H19ClN2O. The third-order valence-corrected chi connectivity index (χ3v) is 3.66. The van der Waals surface area contributed by atoms with Crippen molar-refractivity contribution in [2.45, 2.75) is 32.6 Å². The van der Waals surface area contributed by atoms with E-state index >= 15 is 0 Å². The van der Waals surface area contributed by atoms with Crippen molar-refractivity contribution in [2.24, 2.45) is 0 Å². The summed E-state index contributed by atoms with van der Waals surface area (Å²) in [5, 5.41) is 4.79. The lowest BCUT2D eigenvalue weighted by molar-refractivity contribution is -0.121. The monoisotopic (exact) mass is 278 g/mol. The Morgan fingerprint density at radius 3 is 2.84 bits per heavy atom. The maximum atomic E-state index is 11.4. The number of halogens is 1. The molecule has 102 valence electrons. The first kappa shape index (κ1) is 13.9. The lowest BCUT2D eigenvalue weighted by Crippen LogP contribution is -2.36. The molecule has 19 heavy (non-hydrogen) atoms. The summed E-state index contributed by atoms with van der Waals surface area (Å²) < 4.78 is 0. The molecule has 0 unspecified atom stereocenters. The third kappa shape index (κ3) is 2.92. The summed E-state index contributed by atoms with van der Waals surface area (Å²) in [6.45, 7) is 6.70. The molecule has 2 aromatic rings. The Kier molecular flexibility index (Phi) is 3.85. The fourth-order valence-electron chi connectivity index (χ4n) is 2.19. The van der Waals surface area contributed by atoms with E-state index in [9.17, 15) is 4.79 Å². The van der Waals surface area contributed by atoms with Gasteiger partial charge in [0.15, 0.2) is 0 Å². The average Bonchev–Trinajstić information content (AvgIpc) is 2.79. The van der Waals surface area contributed by atoms with Gasteiger partial charge in [-0.15, -0.1) is 0 Å². The Morgan fingerprint density at radius 1 is 1.42 bits per heavy atom. The maximum absolute atomic E-state index is 11.4. The number of nitrogens with one attached hydrogen (secondary N) is 2. The lowest BCUT2D eigenvalue weighted by Gasteiger charge is -2.24. The first-order chi connectivity index (χ1) is 8.94. The molecule has 2 rings (SSSR count). The summed E-state index contributed by atoms with van der Waals surface area (Å²) >= 11 is 6.06. The summed E-state index contributed by atoms with van der Waals surface area (Å²) in [5.41, 5.74) is 2.09. The minimum absolute atomic E-state index is 0.0750. The lowest BCUT2D eigenvalue weighted by atomic mass is 9.84. The number of hydrogen-bond acceptors (Lipinski definition) is 1. The number of aromatic nitrogens is 1. The van der Waals surface area contributed by atoms with Gasteiger partial charge in [0.1, 0.15) is 0 Å². The van der Waals surface area contributed by atoms with Crippen molar-refractivity contribution in [3.63, 3.8) is 0 Å². The summed E-state index contributed by atoms with van der Waals surface area (Å²) in [6.07, 6.45) is 2.51. The number of H-pyrrole nitrogens is 1. The predicted octanol–water partition coefficient (Wildman–Crippen LogP) is 3.63. The van der Waals surface area contributed by atoms with Gasteiger partial charge in [-0.25, -0.2) is 0 Å². The van der Waals surface area contributed by atoms with Gasteiger partial charge in [0.05, 0.1) is 0 Å². The largest absolute Gasteiger partial charge is 0.361 e. The summed E-state index contributed by atoms with van der Waals surface area (Å²) in [7, 11) is 0. The number of carbonyl (C=O) groups excluding carboxylic acids is 1. The van der Waals surface area contributed by atoms with E-state index in [0.717, 1.165) is 15.9 Å². The molecule has 0 fully saturated rings. The molecule has 1 amide bonds. The van der Waals surface area contributed by atoms with Crippen LogP contribution in [0.15, 0.2) is 24.4 Å². The molecule has 1 heterocycles. The molecule has 2 N–H and O–H groups in total. The molecular weight excluding hydrogens is 260 g/mol. The van der Waals surface area contributed by atoms with Gasteiger partial charge in [-0.1, -0.05) is 32.4 Å². The standard InChI is InChI=1S/C15H19ClN2O/c1-4-14(19)18-9-15(2,3)12-8-17-13-6-5-10(16)7-11(12)13/h5-8,17H,4,9H2,1-3H3,(H,18,19). The van der Waals surface area contributed by atoms with Crippen LogP contribution < -0.4 is 5.32 Å². The molecule has 0 saturated carbocycles. The number of carbonyl (C=O) groups is 1. The van der Waals surface area contributed by atoms with Gasteiger partial charge in [0.2, 0.25) is 5.91 Å². The van der Waals surface area contributed by atoms with Crippen molar-refractivity contribution < 1.29 is 4.79 Å². The molecule has 1 aromatic carbocycles. The van der Waals surface area contributed by atoms with Crippen LogP contribution in [0.1, 0.15) is 32.8 Å². The van der Waals surface area contributed by atoms with Gasteiger partial charge >= 0.3 is 0 Å². The SMILES string of the molecule is CCC(=O)NCC(C)(C)c1c[nH]c2ccc(Cl)cc12. The van der Waals surface area contributed by atoms with E-state index in [1.165, 1.54) is 5.56 Å². The van der Waals surface area contributed by atoms with E-state index in [1.54, 1.807) is 0 Å². The van der Waals surface area contributed by atoms with Crippen LogP contribution in [0.25, 0.3) is 10.9 Å². The smallest absolute Gasteiger partial charge is 0.219 e. The minimum atomic E-state index is -0.145. The fourth-order valence-corrected chi connectivity index (χ4v) is 2.36. The van der Waals surface area contributed by atoms with Gasteiger partial charge in [0.25, 0.3) is 0 Å². The molecule has 0 aliphatic rings. The van der Waals surface area contributed by atoms with Crippen LogP contribution in [0, 0.1) is 0 Å². The Balaban J connectivity index is 2.31. The fraction of sp³-hybridized carbons (Fsp3) is 0.400. The summed E-state index contributed by atoms with van der Waals surface area (Å²) in [5.74, 6) is 0.0750. The van der Waals surface area contributed by atoms with Crippen LogP contribution in [-0.4, -0.2) is 17.4 Å². The van der Waals surface area contributed by atoms with Crippen molar-refractivity contribution in [1.29, 1.82) is 0 Å². The highest BCUT2D eigenvalue weighted by Gasteiger charge is 2.24. The van der Waals surface area contributed by atoms with E-state index in [-0.39, 0.29) is 11.3 Å². The molecule has 0 aliphatic carbocycles. The van der Waals surface area contributed by atoms with Crippen molar-refractivity contribution >= 4 is 28.4 Å². The van der Waals surface area contributed by atoms with Crippen LogP contribution in [0.2, 0.25) is 5.02 Å². The number of aromatic amines is 1. The molecule has 0 bridgehead atoms. The van der Waals surface area contributed by atoms with Crippen LogP contribution in [0.4, 0.5) is 0 Å². The number of amides is 1.